The summed E-state index contributed by atoms with van der Waals surface area (Å²) in [5.74, 6) is 0.341. The van der Waals surface area contributed by atoms with Crippen molar-refractivity contribution in [1.29, 1.82) is 0 Å². The van der Waals surface area contributed by atoms with Crippen LogP contribution in [-0.2, 0) is 36.1 Å². The number of nitrogens with zero attached hydrogens (tertiary/aromatic N) is 7. The molecule has 2 aliphatic heterocycles. The van der Waals surface area contributed by atoms with Crippen molar-refractivity contribution in [2.24, 2.45) is 7.05 Å². The van der Waals surface area contributed by atoms with Crippen LogP contribution < -0.4 is 25.1 Å². The number of fused-ring (bicyclic) bond motifs is 2. The summed E-state index contributed by atoms with van der Waals surface area (Å²) in [6, 6.07) is 9.72. The topological polar surface area (TPSA) is 183 Å². The van der Waals surface area contributed by atoms with E-state index in [4.69, 9.17) is 14.2 Å². The molecule has 5 aromatic rings. The van der Waals surface area contributed by atoms with Gasteiger partial charge in [-0.15, -0.1) is 5.10 Å². The van der Waals surface area contributed by atoms with Crippen LogP contribution in [0.2, 0.25) is 0 Å². The first-order valence-electron chi connectivity index (χ1n) is 17.9. The maximum atomic E-state index is 13.2. The van der Waals surface area contributed by atoms with Crippen LogP contribution in [0.25, 0.3) is 21.9 Å². The van der Waals surface area contributed by atoms with Crippen molar-refractivity contribution >= 4 is 28.5 Å². The van der Waals surface area contributed by atoms with Crippen LogP contribution in [0.4, 0.5) is 0 Å². The second-order valence-electron chi connectivity index (χ2n) is 13.7. The minimum absolute atomic E-state index is 0.0989. The third kappa shape index (κ3) is 7.50. The average molecular weight is 751 g/mol. The number of imide groups is 1. The first-order valence-corrected chi connectivity index (χ1v) is 17.9. The average Bonchev–Trinajstić information content (AvgIpc) is 3.74. The van der Waals surface area contributed by atoms with Crippen LogP contribution in [0.15, 0.2) is 66.0 Å². The molecule has 1 fully saturated rings. The Morgan fingerprint density at radius 1 is 1.00 bits per heavy atom. The molecule has 3 aromatic heterocycles. The fourth-order valence-corrected chi connectivity index (χ4v) is 7.17. The lowest BCUT2D eigenvalue weighted by molar-refractivity contribution is -0.139. The van der Waals surface area contributed by atoms with Crippen molar-refractivity contribution in [2.75, 3.05) is 34.4 Å². The van der Waals surface area contributed by atoms with E-state index in [-0.39, 0.29) is 24.0 Å². The summed E-state index contributed by atoms with van der Waals surface area (Å²) < 4.78 is 20.9. The number of methoxy groups -OCH3 is 2. The Morgan fingerprint density at radius 3 is 2.53 bits per heavy atom. The summed E-state index contributed by atoms with van der Waals surface area (Å²) in [5.41, 5.74) is 4.00. The monoisotopic (exact) mass is 750 g/mol. The smallest absolute Gasteiger partial charge is 0.259 e. The maximum absolute atomic E-state index is 13.2. The fourth-order valence-electron chi connectivity index (χ4n) is 7.17. The Kier molecular flexibility index (Phi) is 10.6. The molecule has 16 heteroatoms. The van der Waals surface area contributed by atoms with Gasteiger partial charge >= 0.3 is 0 Å². The molecule has 16 nitrogen and oxygen atoms in total. The molecule has 0 saturated carbocycles. The minimum Gasteiger partial charge on any atom is -0.496 e. The van der Waals surface area contributed by atoms with E-state index in [1.54, 1.807) is 61.1 Å². The third-order valence-corrected chi connectivity index (χ3v) is 10.0. The molecule has 1 saturated heterocycles. The predicted octanol–water partition coefficient (Wildman–Crippen LogP) is 2.60. The van der Waals surface area contributed by atoms with Gasteiger partial charge in [0.2, 0.25) is 11.8 Å². The van der Waals surface area contributed by atoms with Crippen molar-refractivity contribution in [2.45, 2.75) is 51.0 Å². The van der Waals surface area contributed by atoms with Crippen LogP contribution in [0.3, 0.4) is 0 Å². The van der Waals surface area contributed by atoms with Gasteiger partial charge in [-0.1, -0.05) is 11.3 Å². The number of hydrogen-bond acceptors (Lipinski definition) is 12. The van der Waals surface area contributed by atoms with E-state index < -0.39 is 30.0 Å². The van der Waals surface area contributed by atoms with E-state index in [9.17, 15) is 24.3 Å². The Morgan fingerprint density at radius 2 is 1.78 bits per heavy atom. The van der Waals surface area contributed by atoms with Crippen LogP contribution in [0.1, 0.15) is 52.7 Å². The van der Waals surface area contributed by atoms with E-state index in [0.29, 0.717) is 67.3 Å². The largest absolute Gasteiger partial charge is 0.496 e. The number of aliphatic hydroxyl groups is 1. The number of aromatic nitrogens is 5. The van der Waals surface area contributed by atoms with Crippen molar-refractivity contribution in [3.05, 3.63) is 93.9 Å². The molecular formula is C39H42N8O8. The number of benzene rings is 2. The molecule has 5 heterocycles. The molecule has 7 rings (SSSR count). The molecule has 0 spiro atoms. The molecular weight excluding hydrogens is 708 g/mol. The highest BCUT2D eigenvalue weighted by Gasteiger charge is 2.44. The molecule has 3 amide bonds. The van der Waals surface area contributed by atoms with E-state index in [2.05, 4.69) is 25.5 Å². The quantitative estimate of drug-likeness (QED) is 0.125. The van der Waals surface area contributed by atoms with Crippen molar-refractivity contribution in [3.63, 3.8) is 0 Å². The number of carbonyl (C=O) groups is 3. The van der Waals surface area contributed by atoms with Gasteiger partial charge in [0.15, 0.2) is 6.23 Å². The van der Waals surface area contributed by atoms with E-state index in [1.165, 1.54) is 0 Å². The van der Waals surface area contributed by atoms with Gasteiger partial charge in [0.05, 0.1) is 43.0 Å². The van der Waals surface area contributed by atoms with E-state index in [1.807, 2.05) is 37.6 Å². The van der Waals surface area contributed by atoms with Crippen molar-refractivity contribution < 1.29 is 33.7 Å². The van der Waals surface area contributed by atoms with Gasteiger partial charge in [0, 0.05) is 81.9 Å². The molecule has 0 bridgehead atoms. The summed E-state index contributed by atoms with van der Waals surface area (Å²) in [7, 11) is 7.00. The van der Waals surface area contributed by atoms with Gasteiger partial charge in [-0.3, -0.25) is 39.1 Å². The standard InChI is InChI=1S/C39H42N8O8/c1-44(21-31-33(53-3)16-23(17-34(31)54-4)30-22-45(2)37(50)29-19-40-12-10-26(29)30)14-11-24-20-46(43-42-24)13-5-15-55-25-6-7-27-28(18-25)39(52)47(38(27)51)32-8-9-35(48)41-36(32)49/h6-7,10,12,16-20,22,32,38,51H,5,8-9,11,13-15,21H2,1-4H3,(H,41,48,49). The third-order valence-electron chi connectivity index (χ3n) is 10.0. The van der Waals surface area contributed by atoms with Crippen molar-refractivity contribution in [3.8, 4) is 28.4 Å². The highest BCUT2D eigenvalue weighted by atomic mass is 16.5. The Balaban J connectivity index is 0.918. The zero-order valence-electron chi connectivity index (χ0n) is 31.0. The number of rotatable bonds is 14. The molecule has 2 unspecified atom stereocenters. The number of aryl methyl sites for hydroxylation is 2. The molecule has 2 aromatic carbocycles. The number of ether oxygens (including phenoxy) is 3. The lowest BCUT2D eigenvalue weighted by Gasteiger charge is -2.31. The highest BCUT2D eigenvalue weighted by Crippen LogP contribution is 2.39. The number of piperidine rings is 1. The number of likely N-dealkylation sites (N-methyl/N-ethyl adjacent to an activating group) is 1. The van der Waals surface area contributed by atoms with Crippen LogP contribution >= 0.6 is 0 Å². The van der Waals surface area contributed by atoms with Gasteiger partial charge < -0.3 is 28.8 Å². The summed E-state index contributed by atoms with van der Waals surface area (Å²) in [4.78, 5) is 57.3. The summed E-state index contributed by atoms with van der Waals surface area (Å²) in [6.45, 7) is 2.17. The zero-order chi connectivity index (χ0) is 38.8. The summed E-state index contributed by atoms with van der Waals surface area (Å²) >= 11 is 0. The predicted molar refractivity (Wildman–Crippen MR) is 199 cm³/mol. The lowest BCUT2D eigenvalue weighted by Crippen LogP contribution is -2.53. The van der Waals surface area contributed by atoms with Gasteiger partial charge in [-0.25, -0.2) is 0 Å². The number of carbonyl (C=O) groups excluding carboxylic acids is 3. The SMILES string of the molecule is COc1cc(-c2cn(C)c(=O)c3cnccc23)cc(OC)c1CN(C)CCc1cn(CCCOc2ccc3c(c2)C(=O)N(C2CCC(=O)NC2=O)C3O)nn1. The minimum atomic E-state index is -1.28. The zero-order valence-corrected chi connectivity index (χ0v) is 31.0. The fraction of sp³-hybridized carbons (Fsp3) is 0.359. The first-order chi connectivity index (χ1) is 26.6. The Bertz CT molecular complexity index is 2310. The Labute approximate surface area is 316 Å². The second-order valence-corrected chi connectivity index (χ2v) is 13.7. The van der Waals surface area contributed by atoms with E-state index in [0.717, 1.165) is 32.7 Å². The van der Waals surface area contributed by atoms with Crippen molar-refractivity contribution in [1.82, 2.24) is 39.7 Å². The normalized spacial score (nSPS) is 16.8. The molecule has 2 atom stereocenters. The molecule has 55 heavy (non-hydrogen) atoms. The summed E-state index contributed by atoms with van der Waals surface area (Å²) in [5, 5.41) is 23.0. The van der Waals surface area contributed by atoms with Gasteiger partial charge in [-0.05, 0) is 54.8 Å². The molecule has 0 aliphatic carbocycles. The lowest BCUT2D eigenvalue weighted by atomic mass is 9.99. The van der Waals surface area contributed by atoms with Crippen LogP contribution in [-0.4, -0.2) is 97.6 Å². The molecule has 286 valence electrons. The first kappa shape index (κ1) is 37.2. The van der Waals surface area contributed by atoms with E-state index >= 15 is 0 Å². The molecule has 2 aliphatic rings. The Hall–Kier alpha value is -6.13. The van der Waals surface area contributed by atoms with Gasteiger partial charge in [-0.2, -0.15) is 0 Å². The number of aliphatic hydroxyl groups excluding tert-OH is 1. The number of amides is 3. The molecule has 0 radical (unpaired) electrons. The van der Waals surface area contributed by atoms with Gasteiger partial charge in [0.1, 0.15) is 23.3 Å². The highest BCUT2D eigenvalue weighted by molar-refractivity contribution is 6.06. The van der Waals surface area contributed by atoms with Crippen LogP contribution in [0.5, 0.6) is 17.2 Å². The number of nitrogens with one attached hydrogen (secondary N) is 1. The van der Waals surface area contributed by atoms with Crippen LogP contribution in [0, 0.1) is 0 Å². The maximum Gasteiger partial charge on any atom is 0.259 e. The van der Waals surface area contributed by atoms with Gasteiger partial charge in [0.25, 0.3) is 11.5 Å². The summed E-state index contributed by atoms with van der Waals surface area (Å²) in [6.07, 6.45) is 7.26. The molecule has 2 N–H and O–H groups in total. The second kappa shape index (κ2) is 15.7. The number of pyridine rings is 2. The number of hydrogen-bond donors (Lipinski definition) is 2.